The summed E-state index contributed by atoms with van der Waals surface area (Å²) in [6, 6.07) is 5.36. The van der Waals surface area contributed by atoms with Crippen molar-refractivity contribution in [2.75, 3.05) is 13.2 Å². The first-order chi connectivity index (χ1) is 11.3. The molecule has 0 bridgehead atoms. The molecule has 1 aliphatic rings. The van der Waals surface area contributed by atoms with E-state index in [0.29, 0.717) is 5.92 Å². The van der Waals surface area contributed by atoms with E-state index in [9.17, 15) is 4.79 Å². The van der Waals surface area contributed by atoms with E-state index in [1.54, 1.807) is 23.3 Å². The third-order valence-corrected chi connectivity index (χ3v) is 4.38. The second-order valence-corrected chi connectivity index (χ2v) is 5.88. The number of hydrogen-bond acceptors (Lipinski definition) is 4. The second-order valence-electron chi connectivity index (χ2n) is 5.88. The molecule has 3 rings (SSSR count). The number of pyridine rings is 1. The molecule has 2 aromatic rings. The van der Waals surface area contributed by atoms with Gasteiger partial charge in [-0.3, -0.25) is 14.5 Å². The average molecular weight is 314 g/mol. The molecule has 6 heteroatoms. The lowest BCUT2D eigenvalue weighted by Crippen LogP contribution is -2.39. The van der Waals surface area contributed by atoms with E-state index in [2.05, 4.69) is 15.4 Å². The van der Waals surface area contributed by atoms with E-state index < -0.39 is 0 Å². The Morgan fingerprint density at radius 2 is 2.17 bits per heavy atom. The summed E-state index contributed by atoms with van der Waals surface area (Å²) in [5.74, 6) is 0.329. The standard InChI is InChI=1S/C17H22N4O2/c1-13(21-9-3-8-19-21)17(22)20-16(14-5-10-23-11-6-14)15-4-2-7-18-12-15/h2-4,7-9,12-14,16H,5-6,10-11H2,1H3,(H,20,22). The van der Waals surface area contributed by atoms with Crippen LogP contribution in [0.25, 0.3) is 0 Å². The monoisotopic (exact) mass is 314 g/mol. The molecule has 23 heavy (non-hydrogen) atoms. The quantitative estimate of drug-likeness (QED) is 0.918. The molecule has 2 aromatic heterocycles. The van der Waals surface area contributed by atoms with Gasteiger partial charge in [0, 0.05) is 38.0 Å². The lowest BCUT2D eigenvalue weighted by atomic mass is 9.87. The number of ether oxygens (including phenoxy) is 1. The van der Waals surface area contributed by atoms with Gasteiger partial charge in [-0.15, -0.1) is 0 Å². The number of nitrogens with zero attached hydrogens (tertiary/aromatic N) is 3. The number of amides is 1. The first-order valence-electron chi connectivity index (χ1n) is 8.03. The van der Waals surface area contributed by atoms with Crippen molar-refractivity contribution in [2.24, 2.45) is 5.92 Å². The summed E-state index contributed by atoms with van der Waals surface area (Å²) in [6.07, 6.45) is 8.95. The minimum Gasteiger partial charge on any atom is -0.381 e. The Kier molecular flexibility index (Phi) is 5.02. The Hall–Kier alpha value is -2.21. The first kappa shape index (κ1) is 15.7. The average Bonchev–Trinajstić information content (AvgIpc) is 3.15. The predicted octanol–water partition coefficient (Wildman–Crippen LogP) is 2.12. The molecule has 1 aliphatic heterocycles. The summed E-state index contributed by atoms with van der Waals surface area (Å²) in [5.41, 5.74) is 1.04. The van der Waals surface area contributed by atoms with Gasteiger partial charge in [0.15, 0.2) is 0 Å². The Bertz CT molecular complexity index is 609. The molecule has 6 nitrogen and oxygen atoms in total. The van der Waals surface area contributed by atoms with Crippen LogP contribution in [0.5, 0.6) is 0 Å². The van der Waals surface area contributed by atoms with Gasteiger partial charge in [0.05, 0.1) is 6.04 Å². The summed E-state index contributed by atoms with van der Waals surface area (Å²) in [6.45, 7) is 3.34. The van der Waals surface area contributed by atoms with Crippen molar-refractivity contribution in [3.63, 3.8) is 0 Å². The van der Waals surface area contributed by atoms with Crippen molar-refractivity contribution < 1.29 is 9.53 Å². The SMILES string of the molecule is CC(C(=O)NC(c1cccnc1)C1CCOCC1)n1cccn1. The van der Waals surface area contributed by atoms with Crippen LogP contribution in [0.3, 0.4) is 0 Å². The smallest absolute Gasteiger partial charge is 0.245 e. The molecule has 1 N–H and O–H groups in total. The number of carbonyl (C=O) groups is 1. The molecule has 0 saturated carbocycles. The van der Waals surface area contributed by atoms with Gasteiger partial charge in [-0.2, -0.15) is 5.10 Å². The highest BCUT2D eigenvalue weighted by molar-refractivity contribution is 5.80. The van der Waals surface area contributed by atoms with Crippen LogP contribution in [0, 0.1) is 5.92 Å². The van der Waals surface area contributed by atoms with Crippen LogP contribution in [0.2, 0.25) is 0 Å². The van der Waals surface area contributed by atoms with Crippen LogP contribution in [0.1, 0.15) is 37.4 Å². The molecular formula is C17H22N4O2. The number of nitrogens with one attached hydrogen (secondary N) is 1. The van der Waals surface area contributed by atoms with Gasteiger partial charge in [0.2, 0.25) is 5.91 Å². The van der Waals surface area contributed by atoms with Crippen LogP contribution < -0.4 is 5.32 Å². The minimum absolute atomic E-state index is 0.0333. The number of aromatic nitrogens is 3. The van der Waals surface area contributed by atoms with Gasteiger partial charge in [-0.25, -0.2) is 0 Å². The van der Waals surface area contributed by atoms with Gasteiger partial charge in [-0.1, -0.05) is 6.07 Å². The molecule has 122 valence electrons. The van der Waals surface area contributed by atoms with E-state index in [4.69, 9.17) is 4.74 Å². The fourth-order valence-corrected chi connectivity index (χ4v) is 2.99. The molecule has 1 fully saturated rings. The number of carbonyl (C=O) groups excluding carboxylic acids is 1. The van der Waals surface area contributed by atoms with E-state index in [-0.39, 0.29) is 18.0 Å². The maximum atomic E-state index is 12.6. The Labute approximate surface area is 135 Å². The van der Waals surface area contributed by atoms with Crippen molar-refractivity contribution in [3.05, 3.63) is 48.5 Å². The van der Waals surface area contributed by atoms with Crippen LogP contribution in [-0.4, -0.2) is 33.9 Å². The van der Waals surface area contributed by atoms with Gasteiger partial charge in [0.25, 0.3) is 0 Å². The zero-order valence-electron chi connectivity index (χ0n) is 13.3. The zero-order valence-corrected chi connectivity index (χ0v) is 13.3. The van der Waals surface area contributed by atoms with E-state index >= 15 is 0 Å². The minimum atomic E-state index is -0.344. The van der Waals surface area contributed by atoms with Crippen LogP contribution in [0.15, 0.2) is 43.0 Å². The molecule has 0 aromatic carbocycles. The lowest BCUT2D eigenvalue weighted by molar-refractivity contribution is -0.125. The summed E-state index contributed by atoms with van der Waals surface area (Å²) in [4.78, 5) is 16.8. The zero-order chi connectivity index (χ0) is 16.1. The second kappa shape index (κ2) is 7.37. The molecule has 3 heterocycles. The summed E-state index contributed by atoms with van der Waals surface area (Å²) >= 11 is 0. The van der Waals surface area contributed by atoms with E-state index in [1.807, 2.05) is 31.3 Å². The predicted molar refractivity (Wildman–Crippen MR) is 85.6 cm³/mol. The highest BCUT2D eigenvalue weighted by Crippen LogP contribution is 2.30. The van der Waals surface area contributed by atoms with Gasteiger partial charge < -0.3 is 10.1 Å². The highest BCUT2D eigenvalue weighted by atomic mass is 16.5. The van der Waals surface area contributed by atoms with E-state index in [0.717, 1.165) is 31.6 Å². The van der Waals surface area contributed by atoms with Gasteiger partial charge in [-0.05, 0) is 43.4 Å². The molecule has 0 spiro atoms. The van der Waals surface area contributed by atoms with Crippen LogP contribution >= 0.6 is 0 Å². The fraction of sp³-hybridized carbons (Fsp3) is 0.471. The van der Waals surface area contributed by atoms with Crippen LogP contribution in [-0.2, 0) is 9.53 Å². The van der Waals surface area contributed by atoms with Crippen molar-refractivity contribution >= 4 is 5.91 Å². The first-order valence-corrected chi connectivity index (χ1v) is 8.03. The Balaban J connectivity index is 1.76. The Morgan fingerprint density at radius 3 is 2.83 bits per heavy atom. The highest BCUT2D eigenvalue weighted by Gasteiger charge is 2.28. The van der Waals surface area contributed by atoms with E-state index in [1.165, 1.54) is 0 Å². The molecule has 2 unspecified atom stereocenters. The molecule has 0 aliphatic carbocycles. The number of hydrogen-bond donors (Lipinski definition) is 1. The molecule has 2 atom stereocenters. The Morgan fingerprint density at radius 1 is 1.35 bits per heavy atom. The summed E-state index contributed by atoms with van der Waals surface area (Å²) in [7, 11) is 0. The van der Waals surface area contributed by atoms with Crippen molar-refractivity contribution in [3.8, 4) is 0 Å². The normalized spacial score (nSPS) is 18.3. The summed E-state index contributed by atoms with van der Waals surface area (Å²) in [5, 5.41) is 7.35. The third kappa shape index (κ3) is 3.76. The topological polar surface area (TPSA) is 69.0 Å². The van der Waals surface area contributed by atoms with Crippen molar-refractivity contribution in [1.29, 1.82) is 0 Å². The van der Waals surface area contributed by atoms with Crippen molar-refractivity contribution in [1.82, 2.24) is 20.1 Å². The third-order valence-electron chi connectivity index (χ3n) is 4.38. The molecule has 1 amide bonds. The molecule has 0 radical (unpaired) electrons. The lowest BCUT2D eigenvalue weighted by Gasteiger charge is -2.32. The van der Waals surface area contributed by atoms with Crippen molar-refractivity contribution in [2.45, 2.75) is 31.8 Å². The maximum absolute atomic E-state index is 12.6. The fourth-order valence-electron chi connectivity index (χ4n) is 2.99. The molecular weight excluding hydrogens is 292 g/mol. The van der Waals surface area contributed by atoms with Gasteiger partial charge >= 0.3 is 0 Å². The summed E-state index contributed by atoms with van der Waals surface area (Å²) < 4.78 is 7.12. The number of rotatable bonds is 5. The largest absolute Gasteiger partial charge is 0.381 e. The maximum Gasteiger partial charge on any atom is 0.245 e. The van der Waals surface area contributed by atoms with Crippen LogP contribution in [0.4, 0.5) is 0 Å². The van der Waals surface area contributed by atoms with Gasteiger partial charge in [0.1, 0.15) is 6.04 Å². The molecule has 1 saturated heterocycles.